The van der Waals surface area contributed by atoms with E-state index in [4.69, 9.17) is 10.8 Å². The van der Waals surface area contributed by atoms with Crippen LogP contribution < -0.4 is 5.73 Å². The third-order valence-electron chi connectivity index (χ3n) is 2.45. The van der Waals surface area contributed by atoms with Crippen molar-refractivity contribution in [1.82, 2.24) is 4.90 Å². The van der Waals surface area contributed by atoms with E-state index >= 15 is 0 Å². The summed E-state index contributed by atoms with van der Waals surface area (Å²) in [6.45, 7) is 1.28. The zero-order chi connectivity index (χ0) is 10.6. The summed E-state index contributed by atoms with van der Waals surface area (Å²) in [4.78, 5) is 23.6. The van der Waals surface area contributed by atoms with E-state index in [9.17, 15) is 9.59 Å². The Hall–Kier alpha value is -1.10. The lowest BCUT2D eigenvalue weighted by Gasteiger charge is -2.21. The van der Waals surface area contributed by atoms with E-state index in [0.717, 1.165) is 25.7 Å². The van der Waals surface area contributed by atoms with Crippen LogP contribution in [0, 0.1) is 0 Å². The summed E-state index contributed by atoms with van der Waals surface area (Å²) >= 11 is 0. The van der Waals surface area contributed by atoms with E-state index in [1.807, 2.05) is 0 Å². The Bertz CT molecular complexity index is 222. The van der Waals surface area contributed by atoms with Gasteiger partial charge in [-0.25, -0.2) is 4.79 Å². The molecule has 1 aliphatic rings. The molecule has 1 aliphatic heterocycles. The van der Waals surface area contributed by atoms with Crippen molar-refractivity contribution in [1.29, 1.82) is 0 Å². The van der Waals surface area contributed by atoms with Gasteiger partial charge in [0.1, 0.15) is 0 Å². The van der Waals surface area contributed by atoms with Gasteiger partial charge in [-0.2, -0.15) is 0 Å². The molecule has 0 bridgehead atoms. The molecular weight excluding hydrogens is 184 g/mol. The van der Waals surface area contributed by atoms with E-state index in [0.29, 0.717) is 13.1 Å². The average Bonchev–Trinajstić information content (AvgIpc) is 2.43. The monoisotopic (exact) mass is 200 g/mol. The number of rotatable bonds is 2. The summed E-state index contributed by atoms with van der Waals surface area (Å²) in [6.07, 6.45) is 4.09. The Balaban J connectivity index is 2.53. The molecule has 0 aromatic carbocycles. The molecule has 0 aromatic rings. The van der Waals surface area contributed by atoms with Gasteiger partial charge in [0.25, 0.3) is 5.91 Å². The molecule has 5 heteroatoms. The highest BCUT2D eigenvalue weighted by atomic mass is 16.4. The third-order valence-corrected chi connectivity index (χ3v) is 2.45. The van der Waals surface area contributed by atoms with Crippen molar-refractivity contribution in [2.45, 2.75) is 31.7 Å². The van der Waals surface area contributed by atoms with Gasteiger partial charge in [0, 0.05) is 13.1 Å². The Morgan fingerprint density at radius 2 is 1.64 bits per heavy atom. The predicted molar refractivity (Wildman–Crippen MR) is 50.7 cm³/mol. The molecule has 0 aromatic heterocycles. The summed E-state index contributed by atoms with van der Waals surface area (Å²) in [7, 11) is 0. The second-order valence-electron chi connectivity index (χ2n) is 3.56. The van der Waals surface area contributed by atoms with Crippen LogP contribution in [0.5, 0.6) is 0 Å². The lowest BCUT2D eigenvalue weighted by Crippen LogP contribution is -2.48. The van der Waals surface area contributed by atoms with Gasteiger partial charge in [-0.1, -0.05) is 12.8 Å². The average molecular weight is 200 g/mol. The number of likely N-dealkylation sites (tertiary alicyclic amines) is 1. The Morgan fingerprint density at radius 3 is 2.07 bits per heavy atom. The van der Waals surface area contributed by atoms with Gasteiger partial charge in [-0.15, -0.1) is 0 Å². The van der Waals surface area contributed by atoms with Gasteiger partial charge in [-0.3, -0.25) is 4.79 Å². The van der Waals surface area contributed by atoms with Gasteiger partial charge < -0.3 is 15.7 Å². The lowest BCUT2D eigenvalue weighted by atomic mass is 10.2. The smallest absolute Gasteiger partial charge is 0.330 e. The number of carboxylic acid groups (broad SMARTS) is 1. The van der Waals surface area contributed by atoms with Crippen LogP contribution in [0.1, 0.15) is 25.7 Å². The standard InChI is InChI=1S/C9H16N2O3/c10-7(9(13)14)8(12)11-5-3-1-2-4-6-11/h7H,1-6,10H2,(H,13,14). The highest BCUT2D eigenvalue weighted by Crippen LogP contribution is 2.10. The van der Waals surface area contributed by atoms with E-state index in [1.165, 1.54) is 0 Å². The van der Waals surface area contributed by atoms with Crippen LogP contribution in [-0.2, 0) is 9.59 Å². The molecule has 1 amide bonds. The molecule has 1 atom stereocenters. The van der Waals surface area contributed by atoms with Gasteiger partial charge in [0.2, 0.25) is 0 Å². The fraction of sp³-hybridized carbons (Fsp3) is 0.778. The zero-order valence-corrected chi connectivity index (χ0v) is 8.11. The van der Waals surface area contributed by atoms with Crippen molar-refractivity contribution in [3.63, 3.8) is 0 Å². The number of carbonyl (C=O) groups is 2. The summed E-state index contributed by atoms with van der Waals surface area (Å²) in [5.74, 6) is -1.71. The first kappa shape index (κ1) is 11.0. The largest absolute Gasteiger partial charge is 0.480 e. The maximum atomic E-state index is 11.5. The molecule has 0 saturated carbocycles. The highest BCUT2D eigenvalue weighted by Gasteiger charge is 2.26. The molecule has 1 heterocycles. The summed E-state index contributed by atoms with van der Waals surface area (Å²) in [5.41, 5.74) is 5.25. The van der Waals surface area contributed by atoms with Crippen LogP contribution in [0.15, 0.2) is 0 Å². The van der Waals surface area contributed by atoms with Crippen molar-refractivity contribution >= 4 is 11.9 Å². The van der Waals surface area contributed by atoms with E-state index in [-0.39, 0.29) is 0 Å². The zero-order valence-electron chi connectivity index (χ0n) is 8.11. The quantitative estimate of drug-likeness (QED) is 0.605. The van der Waals surface area contributed by atoms with Gasteiger partial charge in [0.05, 0.1) is 0 Å². The number of carboxylic acids is 1. The molecule has 1 saturated heterocycles. The highest BCUT2D eigenvalue weighted by molar-refractivity contribution is 6.00. The van der Waals surface area contributed by atoms with Gasteiger partial charge in [0.15, 0.2) is 6.04 Å². The summed E-state index contributed by atoms with van der Waals surface area (Å²) in [5, 5.41) is 8.58. The van der Waals surface area contributed by atoms with Crippen molar-refractivity contribution in [3.8, 4) is 0 Å². The number of hydrogen-bond donors (Lipinski definition) is 2. The molecule has 5 nitrogen and oxygen atoms in total. The summed E-state index contributed by atoms with van der Waals surface area (Å²) in [6, 6.07) is -1.40. The van der Waals surface area contributed by atoms with Crippen LogP contribution in [-0.4, -0.2) is 41.0 Å². The van der Waals surface area contributed by atoms with E-state index in [2.05, 4.69) is 0 Å². The number of nitrogens with two attached hydrogens (primary N) is 1. The second-order valence-corrected chi connectivity index (χ2v) is 3.56. The van der Waals surface area contributed by atoms with Crippen LogP contribution in [0.2, 0.25) is 0 Å². The number of aliphatic carboxylic acids is 1. The first-order valence-electron chi connectivity index (χ1n) is 4.90. The Kier molecular flexibility index (Phi) is 3.88. The van der Waals surface area contributed by atoms with Crippen molar-refractivity contribution in [2.75, 3.05) is 13.1 Å². The topological polar surface area (TPSA) is 83.6 Å². The molecule has 3 N–H and O–H groups in total. The van der Waals surface area contributed by atoms with Crippen LogP contribution in [0.25, 0.3) is 0 Å². The van der Waals surface area contributed by atoms with Gasteiger partial charge in [-0.05, 0) is 12.8 Å². The fourth-order valence-corrected chi connectivity index (χ4v) is 1.59. The maximum Gasteiger partial charge on any atom is 0.330 e. The van der Waals surface area contributed by atoms with Crippen molar-refractivity contribution in [2.24, 2.45) is 5.73 Å². The number of nitrogens with zero attached hydrogens (tertiary/aromatic N) is 1. The molecule has 0 aliphatic carbocycles. The third kappa shape index (κ3) is 2.70. The molecule has 1 fully saturated rings. The number of amides is 1. The normalized spacial score (nSPS) is 19.9. The van der Waals surface area contributed by atoms with Gasteiger partial charge >= 0.3 is 5.97 Å². The first-order valence-corrected chi connectivity index (χ1v) is 4.90. The number of carbonyl (C=O) groups excluding carboxylic acids is 1. The molecule has 0 spiro atoms. The minimum atomic E-state index is -1.40. The molecule has 80 valence electrons. The number of hydrogen-bond acceptors (Lipinski definition) is 3. The van der Waals surface area contributed by atoms with Crippen molar-refractivity contribution in [3.05, 3.63) is 0 Å². The van der Waals surface area contributed by atoms with Crippen LogP contribution >= 0.6 is 0 Å². The lowest BCUT2D eigenvalue weighted by molar-refractivity contribution is -0.146. The first-order chi connectivity index (χ1) is 6.63. The molecule has 1 unspecified atom stereocenters. The predicted octanol–water partition coefficient (Wildman–Crippen LogP) is -0.199. The van der Waals surface area contributed by atoms with E-state index < -0.39 is 17.9 Å². The maximum absolute atomic E-state index is 11.5. The summed E-state index contributed by atoms with van der Waals surface area (Å²) < 4.78 is 0. The Morgan fingerprint density at radius 1 is 1.14 bits per heavy atom. The SMILES string of the molecule is NC(C(=O)O)C(=O)N1CCCCCC1. The Labute approximate surface area is 82.9 Å². The van der Waals surface area contributed by atoms with Crippen LogP contribution in [0.3, 0.4) is 0 Å². The molecule has 0 radical (unpaired) electrons. The van der Waals surface area contributed by atoms with E-state index in [1.54, 1.807) is 4.90 Å². The molecule has 1 rings (SSSR count). The fourth-order valence-electron chi connectivity index (χ4n) is 1.59. The minimum Gasteiger partial charge on any atom is -0.480 e. The molecular formula is C9H16N2O3. The van der Waals surface area contributed by atoms with Crippen LogP contribution in [0.4, 0.5) is 0 Å². The van der Waals surface area contributed by atoms with Crippen molar-refractivity contribution < 1.29 is 14.7 Å². The second kappa shape index (κ2) is 4.95. The molecule has 14 heavy (non-hydrogen) atoms. The minimum absolute atomic E-state index is 0.459.